The number of aromatic nitrogens is 1. The van der Waals surface area contributed by atoms with Crippen molar-refractivity contribution < 1.29 is 41.9 Å². The second-order valence-corrected chi connectivity index (χ2v) is 9.88. The van der Waals surface area contributed by atoms with E-state index in [-0.39, 0.29) is 36.8 Å². The van der Waals surface area contributed by atoms with Gasteiger partial charge in [-0.25, -0.2) is 4.98 Å². The third-order valence-electron chi connectivity index (χ3n) is 5.48. The van der Waals surface area contributed by atoms with Crippen LogP contribution in [0.1, 0.15) is 57.3 Å². The quantitative estimate of drug-likeness (QED) is 0.111. The highest BCUT2D eigenvalue weighted by Gasteiger charge is 2.20. The fourth-order valence-corrected chi connectivity index (χ4v) is 4.16. The average Bonchev–Trinajstić information content (AvgIpc) is 3.34. The highest BCUT2D eigenvalue weighted by Crippen LogP contribution is 2.31. The Hall–Kier alpha value is -3.48. The molecule has 0 radical (unpaired) electrons. The van der Waals surface area contributed by atoms with Crippen molar-refractivity contribution in [3.05, 3.63) is 49.0 Å². The first kappa shape index (κ1) is 30.7. The molecule has 38 heavy (non-hydrogen) atoms. The monoisotopic (exact) mass is 550 g/mol. The van der Waals surface area contributed by atoms with Crippen molar-refractivity contribution >= 4 is 27.6 Å². The number of carboxylic acids is 2. The summed E-state index contributed by atoms with van der Waals surface area (Å²) >= 11 is 0. The van der Waals surface area contributed by atoms with Crippen LogP contribution in [-0.4, -0.2) is 59.8 Å². The minimum atomic E-state index is -4.59. The van der Waals surface area contributed by atoms with Crippen LogP contribution in [0.2, 0.25) is 0 Å². The molecule has 0 atom stereocenters. The minimum absolute atomic E-state index is 0.0186. The molecule has 0 aliphatic heterocycles. The van der Waals surface area contributed by atoms with Gasteiger partial charge in [-0.15, -0.1) is 0 Å². The summed E-state index contributed by atoms with van der Waals surface area (Å²) in [5, 5.41) is 20.6. The van der Waals surface area contributed by atoms with Gasteiger partial charge in [-0.2, -0.15) is 8.42 Å². The molecule has 0 spiro atoms. The van der Waals surface area contributed by atoms with Crippen molar-refractivity contribution in [3.63, 3.8) is 0 Å². The molecule has 12 heteroatoms. The Labute approximate surface area is 222 Å². The Morgan fingerprint density at radius 3 is 2.37 bits per heavy atom. The molecular weight excluding hydrogens is 516 g/mol. The van der Waals surface area contributed by atoms with Crippen LogP contribution in [0.3, 0.4) is 0 Å². The number of oxazole rings is 1. The maximum Gasteiger partial charge on any atom is 0.303 e. The molecule has 4 N–H and O–H groups in total. The van der Waals surface area contributed by atoms with Gasteiger partial charge in [-0.3, -0.25) is 14.1 Å². The van der Waals surface area contributed by atoms with E-state index in [1.165, 1.54) is 18.3 Å². The summed E-state index contributed by atoms with van der Waals surface area (Å²) in [5.41, 5.74) is 1.00. The van der Waals surface area contributed by atoms with E-state index in [4.69, 9.17) is 19.4 Å². The van der Waals surface area contributed by atoms with Crippen molar-refractivity contribution in [1.82, 2.24) is 10.3 Å². The van der Waals surface area contributed by atoms with Gasteiger partial charge in [0.25, 0.3) is 10.1 Å². The van der Waals surface area contributed by atoms with Gasteiger partial charge >= 0.3 is 11.9 Å². The number of hydrogen-bond donors (Lipinski definition) is 4. The zero-order chi connectivity index (χ0) is 28.0. The first-order chi connectivity index (χ1) is 18.1. The number of nitrogens with zero attached hydrogens (tertiary/aromatic N) is 1. The predicted octanol–water partition coefficient (Wildman–Crippen LogP) is 4.42. The van der Waals surface area contributed by atoms with Crippen molar-refractivity contribution in [3.8, 4) is 17.1 Å². The molecule has 0 unspecified atom stereocenters. The Kier molecular flexibility index (Phi) is 12.7. The molecule has 0 aliphatic rings. The van der Waals surface area contributed by atoms with E-state index in [1.54, 1.807) is 12.1 Å². The maximum absolute atomic E-state index is 12.0. The first-order valence-corrected chi connectivity index (χ1v) is 13.7. The first-order valence-electron chi connectivity index (χ1n) is 12.3. The van der Waals surface area contributed by atoms with Gasteiger partial charge in [0.1, 0.15) is 10.6 Å². The lowest BCUT2D eigenvalue weighted by Crippen LogP contribution is -2.15. The fraction of sp³-hybridized carbons (Fsp3) is 0.423. The highest BCUT2D eigenvalue weighted by atomic mass is 32.2. The molecule has 2 rings (SSSR count). The zero-order valence-corrected chi connectivity index (χ0v) is 21.9. The van der Waals surface area contributed by atoms with Gasteiger partial charge in [0.15, 0.2) is 5.76 Å². The van der Waals surface area contributed by atoms with E-state index in [2.05, 4.69) is 16.9 Å². The molecular formula is C26H34N2O9S. The third-order valence-corrected chi connectivity index (χ3v) is 6.36. The van der Waals surface area contributed by atoms with Gasteiger partial charge in [-0.05, 0) is 56.8 Å². The van der Waals surface area contributed by atoms with Crippen molar-refractivity contribution in [2.75, 3.05) is 19.7 Å². The molecule has 1 aromatic heterocycles. The van der Waals surface area contributed by atoms with Gasteiger partial charge in [0.05, 0.1) is 12.8 Å². The second-order valence-electron chi connectivity index (χ2n) is 8.49. The van der Waals surface area contributed by atoms with Crippen LogP contribution < -0.4 is 10.1 Å². The lowest BCUT2D eigenvalue weighted by Gasteiger charge is -2.11. The highest BCUT2D eigenvalue weighted by molar-refractivity contribution is 7.86. The molecule has 1 heterocycles. The summed E-state index contributed by atoms with van der Waals surface area (Å²) in [4.78, 5) is 24.9. The molecule has 0 amide bonds. The summed E-state index contributed by atoms with van der Waals surface area (Å²) < 4.78 is 45.0. The largest absolute Gasteiger partial charge is 0.492 e. The Balaban J connectivity index is 2.00. The standard InChI is InChI=1S/C26H34N2O9S/c1-2-19(13-15-27-14-7-3-5-9-24(29)30)26-28-18-22(37-26)20-11-12-21(23(17-20)38(33,34)35)36-16-8-4-6-10-25(31)32/h2,11-13,17-18,27H,1,3-10,14-16H2,(H,29,30)(H,31,32)(H,33,34,35)/b19-13+. The number of aliphatic carboxylic acids is 2. The molecule has 0 saturated carbocycles. The predicted molar refractivity (Wildman–Crippen MR) is 140 cm³/mol. The van der Waals surface area contributed by atoms with E-state index < -0.39 is 27.0 Å². The van der Waals surface area contributed by atoms with E-state index in [9.17, 15) is 22.6 Å². The summed E-state index contributed by atoms with van der Waals surface area (Å²) in [5.74, 6) is -1.12. The van der Waals surface area contributed by atoms with Crippen molar-refractivity contribution in [1.29, 1.82) is 0 Å². The number of allylic oxidation sites excluding steroid dienone is 2. The number of carboxylic acid groups (broad SMARTS) is 2. The Morgan fingerprint density at radius 2 is 1.74 bits per heavy atom. The topological polar surface area (TPSA) is 176 Å². The molecule has 1 aromatic carbocycles. The summed E-state index contributed by atoms with van der Waals surface area (Å²) in [6.07, 6.45) is 9.04. The number of carbonyl (C=O) groups is 2. The van der Waals surface area contributed by atoms with Crippen LogP contribution in [-0.2, 0) is 19.7 Å². The maximum atomic E-state index is 12.0. The average molecular weight is 551 g/mol. The van der Waals surface area contributed by atoms with E-state index in [0.717, 1.165) is 19.4 Å². The summed E-state index contributed by atoms with van der Waals surface area (Å²) in [7, 11) is -4.59. The van der Waals surface area contributed by atoms with E-state index in [0.29, 0.717) is 43.4 Å². The number of unbranched alkanes of at least 4 members (excludes halogenated alkanes) is 4. The van der Waals surface area contributed by atoms with Gasteiger partial charge in [-0.1, -0.05) is 25.2 Å². The fourth-order valence-electron chi connectivity index (χ4n) is 3.51. The van der Waals surface area contributed by atoms with E-state index >= 15 is 0 Å². The lowest BCUT2D eigenvalue weighted by molar-refractivity contribution is -0.138. The third kappa shape index (κ3) is 10.9. The number of nitrogens with one attached hydrogen (secondary N) is 1. The number of hydrogen-bond acceptors (Lipinski definition) is 8. The van der Waals surface area contributed by atoms with Crippen LogP contribution >= 0.6 is 0 Å². The van der Waals surface area contributed by atoms with Crippen LogP contribution in [0.5, 0.6) is 5.75 Å². The molecule has 0 aliphatic carbocycles. The summed E-state index contributed by atoms with van der Waals surface area (Å²) in [6.45, 7) is 5.19. The molecule has 11 nitrogen and oxygen atoms in total. The molecule has 0 fully saturated rings. The smallest absolute Gasteiger partial charge is 0.303 e. The molecule has 208 valence electrons. The van der Waals surface area contributed by atoms with Crippen LogP contribution in [0, 0.1) is 0 Å². The SMILES string of the molecule is C=C/C(=C\CNCCCCCC(=O)O)c1ncc(-c2ccc(OCCCCCC(=O)O)c(S(=O)(=O)O)c2)o1. The van der Waals surface area contributed by atoms with Gasteiger partial charge in [0.2, 0.25) is 5.89 Å². The van der Waals surface area contributed by atoms with Crippen LogP contribution in [0.25, 0.3) is 16.9 Å². The van der Waals surface area contributed by atoms with Crippen molar-refractivity contribution in [2.45, 2.75) is 56.3 Å². The van der Waals surface area contributed by atoms with E-state index in [1.807, 2.05) is 6.08 Å². The Morgan fingerprint density at radius 1 is 1.05 bits per heavy atom. The molecule has 0 saturated heterocycles. The normalized spacial score (nSPS) is 11.9. The minimum Gasteiger partial charge on any atom is -0.492 e. The second kappa shape index (κ2) is 15.7. The number of rotatable bonds is 19. The van der Waals surface area contributed by atoms with Crippen molar-refractivity contribution in [2.24, 2.45) is 0 Å². The zero-order valence-electron chi connectivity index (χ0n) is 21.1. The molecule has 2 aromatic rings. The van der Waals surface area contributed by atoms with Gasteiger partial charge < -0.3 is 24.7 Å². The summed E-state index contributed by atoms with van der Waals surface area (Å²) in [6, 6.07) is 4.24. The van der Waals surface area contributed by atoms with Crippen LogP contribution in [0.4, 0.5) is 0 Å². The van der Waals surface area contributed by atoms with Gasteiger partial charge in [0, 0.05) is 30.5 Å². The molecule has 0 bridgehead atoms. The number of ether oxygens (including phenoxy) is 1. The Bertz CT molecular complexity index is 1220. The lowest BCUT2D eigenvalue weighted by atomic mass is 10.2. The van der Waals surface area contributed by atoms with Crippen LogP contribution in [0.15, 0.2) is 52.4 Å². The number of benzene rings is 1.